The van der Waals surface area contributed by atoms with Crippen LogP contribution in [0.2, 0.25) is 0 Å². The molecule has 0 saturated heterocycles. The molecule has 1 fully saturated rings. The van der Waals surface area contributed by atoms with E-state index in [-0.39, 0.29) is 29.2 Å². The average molecular weight is 473 g/mol. The molecular weight excluding hydrogens is 440 g/mol. The number of pyridine rings is 1. The van der Waals surface area contributed by atoms with Crippen molar-refractivity contribution in [3.05, 3.63) is 78.3 Å². The number of carboxylic acid groups (broad SMARTS) is 1. The van der Waals surface area contributed by atoms with Crippen LogP contribution >= 0.6 is 0 Å². The van der Waals surface area contributed by atoms with Crippen molar-refractivity contribution in [2.45, 2.75) is 52.5 Å². The van der Waals surface area contributed by atoms with E-state index in [0.29, 0.717) is 11.6 Å². The Hall–Kier alpha value is -3.74. The van der Waals surface area contributed by atoms with Crippen molar-refractivity contribution < 1.29 is 14.7 Å². The van der Waals surface area contributed by atoms with Gasteiger partial charge in [0.15, 0.2) is 5.82 Å². The fraction of sp³-hybridized carbons (Fsp3) is 0.357. The van der Waals surface area contributed by atoms with Crippen LogP contribution in [0.1, 0.15) is 67.9 Å². The van der Waals surface area contributed by atoms with Crippen molar-refractivity contribution in [1.29, 1.82) is 0 Å². The van der Waals surface area contributed by atoms with Gasteiger partial charge < -0.3 is 5.11 Å². The normalized spacial score (nSPS) is 17.8. The molecular formula is C28H32N4O3. The number of amides is 1. The summed E-state index contributed by atoms with van der Waals surface area (Å²) in [5.74, 6) is -0.425. The second-order valence-corrected chi connectivity index (χ2v) is 9.64. The number of carbonyl (C=O) groups excluding carboxylic acids is 1. The highest BCUT2D eigenvalue weighted by molar-refractivity contribution is 6.01. The van der Waals surface area contributed by atoms with Crippen LogP contribution in [0.3, 0.4) is 0 Å². The minimum atomic E-state index is -1.11. The van der Waals surface area contributed by atoms with Gasteiger partial charge in [-0.1, -0.05) is 25.6 Å². The number of carboxylic acids is 1. The van der Waals surface area contributed by atoms with Crippen LogP contribution in [0, 0.1) is 11.8 Å². The molecule has 2 heterocycles. The van der Waals surface area contributed by atoms with Gasteiger partial charge in [0.25, 0.3) is 0 Å². The third kappa shape index (κ3) is 5.19. The first-order valence-corrected chi connectivity index (χ1v) is 12.1. The summed E-state index contributed by atoms with van der Waals surface area (Å²) in [6.07, 6.45) is 8.62. The average Bonchev–Trinajstić information content (AvgIpc) is 3.29. The van der Waals surface area contributed by atoms with Crippen LogP contribution in [-0.4, -0.2) is 37.8 Å². The number of aromatic carboxylic acids is 1. The van der Waals surface area contributed by atoms with E-state index in [1.807, 2.05) is 50.2 Å². The molecule has 0 bridgehead atoms. The van der Waals surface area contributed by atoms with Crippen molar-refractivity contribution >= 4 is 23.3 Å². The first-order valence-electron chi connectivity index (χ1n) is 12.1. The quantitative estimate of drug-likeness (QED) is 0.484. The Bertz CT molecular complexity index is 1210. The molecule has 7 heteroatoms. The Morgan fingerprint density at radius 3 is 2.20 bits per heavy atom. The van der Waals surface area contributed by atoms with Gasteiger partial charge in [0.1, 0.15) is 5.56 Å². The summed E-state index contributed by atoms with van der Waals surface area (Å²) in [5.41, 5.74) is 3.50. The van der Waals surface area contributed by atoms with E-state index >= 15 is 0 Å². The second-order valence-electron chi connectivity index (χ2n) is 9.64. The lowest BCUT2D eigenvalue weighted by molar-refractivity contribution is -0.123. The number of nitrogens with zero attached hydrogens (tertiary/aromatic N) is 4. The fourth-order valence-electron chi connectivity index (χ4n) is 4.67. The molecule has 3 aromatic rings. The van der Waals surface area contributed by atoms with Crippen molar-refractivity contribution in [2.75, 3.05) is 4.90 Å². The van der Waals surface area contributed by atoms with Gasteiger partial charge in [0, 0.05) is 30.6 Å². The molecule has 1 amide bonds. The smallest absolute Gasteiger partial charge is 0.341 e. The van der Waals surface area contributed by atoms with E-state index < -0.39 is 5.97 Å². The topological polar surface area (TPSA) is 88.3 Å². The monoisotopic (exact) mass is 472 g/mol. The third-order valence-corrected chi connectivity index (χ3v) is 6.78. The molecule has 7 nitrogen and oxygen atoms in total. The standard InChI is InChI=1S/C28H32N4O3/c1-18(2)32(27(33)23-7-5-19(3)6-8-23)26-25(28(34)35)17-31(30-26)24-11-9-21(10-12-24)20(4)22-13-15-29-16-14-22/h9-19,23H,4-8H2,1-3H3,(H,34,35). The van der Waals surface area contributed by atoms with E-state index in [4.69, 9.17) is 0 Å². The molecule has 4 rings (SSSR count). The van der Waals surface area contributed by atoms with E-state index in [1.165, 1.54) is 10.9 Å². The molecule has 0 radical (unpaired) electrons. The van der Waals surface area contributed by atoms with E-state index in [9.17, 15) is 14.7 Å². The van der Waals surface area contributed by atoms with Gasteiger partial charge in [-0.05, 0) is 86.4 Å². The Labute approximate surface area is 206 Å². The molecule has 1 aliphatic rings. The first kappa shape index (κ1) is 24.4. The van der Waals surface area contributed by atoms with Gasteiger partial charge in [0.2, 0.25) is 5.91 Å². The van der Waals surface area contributed by atoms with Crippen molar-refractivity contribution in [3.8, 4) is 5.69 Å². The number of benzene rings is 1. The van der Waals surface area contributed by atoms with E-state index in [2.05, 4.69) is 23.6 Å². The zero-order valence-electron chi connectivity index (χ0n) is 20.5. The minimum Gasteiger partial charge on any atom is -0.477 e. The molecule has 1 saturated carbocycles. The number of rotatable bonds is 7. The zero-order chi connectivity index (χ0) is 25.1. The SMILES string of the molecule is C=C(c1ccncc1)c1ccc(-n2cc(C(=O)O)c(N(C(=O)C3CCC(C)CC3)C(C)C)n2)cc1. The molecule has 1 aromatic carbocycles. The maximum absolute atomic E-state index is 13.5. The van der Waals surface area contributed by atoms with Crippen molar-refractivity contribution in [3.63, 3.8) is 0 Å². The van der Waals surface area contributed by atoms with Crippen LogP contribution in [0.15, 0.2) is 61.6 Å². The van der Waals surface area contributed by atoms with Crippen molar-refractivity contribution in [2.24, 2.45) is 11.8 Å². The Kier molecular flexibility index (Phi) is 7.15. The summed E-state index contributed by atoms with van der Waals surface area (Å²) in [6, 6.07) is 11.2. The summed E-state index contributed by atoms with van der Waals surface area (Å²) in [5, 5.41) is 14.5. The Balaban J connectivity index is 1.64. The molecule has 2 aromatic heterocycles. The van der Waals surface area contributed by atoms with Gasteiger partial charge in [-0.3, -0.25) is 14.7 Å². The summed E-state index contributed by atoms with van der Waals surface area (Å²) in [4.78, 5) is 31.2. The molecule has 0 atom stereocenters. The zero-order valence-corrected chi connectivity index (χ0v) is 20.5. The van der Waals surface area contributed by atoms with E-state index in [0.717, 1.165) is 42.4 Å². The minimum absolute atomic E-state index is 0.0153. The van der Waals surface area contributed by atoms with Gasteiger partial charge >= 0.3 is 5.97 Å². The van der Waals surface area contributed by atoms with Crippen LogP contribution in [0.25, 0.3) is 11.3 Å². The maximum Gasteiger partial charge on any atom is 0.341 e. The van der Waals surface area contributed by atoms with Gasteiger partial charge in [-0.2, -0.15) is 0 Å². The number of aromatic nitrogens is 3. The molecule has 1 aliphatic carbocycles. The Morgan fingerprint density at radius 1 is 1.03 bits per heavy atom. The predicted octanol–water partition coefficient (Wildman–Crippen LogP) is 5.59. The summed E-state index contributed by atoms with van der Waals surface area (Å²) in [6.45, 7) is 10.2. The maximum atomic E-state index is 13.5. The lowest BCUT2D eigenvalue weighted by Crippen LogP contribution is -2.43. The van der Waals surface area contributed by atoms with Gasteiger partial charge in [0.05, 0.1) is 5.69 Å². The number of carbonyl (C=O) groups is 2. The van der Waals surface area contributed by atoms with Crippen LogP contribution in [-0.2, 0) is 4.79 Å². The lowest BCUT2D eigenvalue weighted by Gasteiger charge is -2.32. The second kappa shape index (κ2) is 10.3. The highest BCUT2D eigenvalue weighted by Crippen LogP contribution is 2.33. The summed E-state index contributed by atoms with van der Waals surface area (Å²) < 4.78 is 1.53. The highest BCUT2D eigenvalue weighted by atomic mass is 16.4. The number of anilines is 1. The van der Waals surface area contributed by atoms with Crippen LogP contribution < -0.4 is 4.90 Å². The molecule has 0 aliphatic heterocycles. The van der Waals surface area contributed by atoms with Crippen LogP contribution in [0.4, 0.5) is 5.82 Å². The molecule has 1 N–H and O–H groups in total. The third-order valence-electron chi connectivity index (χ3n) is 6.78. The lowest BCUT2D eigenvalue weighted by atomic mass is 9.82. The van der Waals surface area contributed by atoms with Gasteiger partial charge in [-0.25, -0.2) is 9.48 Å². The molecule has 0 unspecified atom stereocenters. The summed E-state index contributed by atoms with van der Waals surface area (Å²) >= 11 is 0. The number of hydrogen-bond donors (Lipinski definition) is 1. The first-order chi connectivity index (χ1) is 16.8. The molecule has 182 valence electrons. The summed E-state index contributed by atoms with van der Waals surface area (Å²) in [7, 11) is 0. The Morgan fingerprint density at radius 2 is 1.63 bits per heavy atom. The molecule has 35 heavy (non-hydrogen) atoms. The van der Waals surface area contributed by atoms with Gasteiger partial charge in [-0.15, -0.1) is 5.10 Å². The number of hydrogen-bond acceptors (Lipinski definition) is 4. The van der Waals surface area contributed by atoms with Crippen LogP contribution in [0.5, 0.6) is 0 Å². The molecule has 0 spiro atoms. The predicted molar refractivity (Wildman–Crippen MR) is 137 cm³/mol. The highest BCUT2D eigenvalue weighted by Gasteiger charge is 2.34. The fourth-order valence-corrected chi connectivity index (χ4v) is 4.67. The van der Waals surface area contributed by atoms with E-state index in [1.54, 1.807) is 17.3 Å². The van der Waals surface area contributed by atoms with Crippen molar-refractivity contribution in [1.82, 2.24) is 14.8 Å². The largest absolute Gasteiger partial charge is 0.477 e.